The third-order valence-electron chi connectivity index (χ3n) is 3.66. The summed E-state index contributed by atoms with van der Waals surface area (Å²) in [5.41, 5.74) is 3.68. The maximum absolute atomic E-state index is 5.89. The summed E-state index contributed by atoms with van der Waals surface area (Å²) in [6.07, 6.45) is 6.25. The lowest BCUT2D eigenvalue weighted by Crippen LogP contribution is -2.15. The van der Waals surface area contributed by atoms with Crippen molar-refractivity contribution < 1.29 is 4.74 Å². The van der Waals surface area contributed by atoms with Crippen molar-refractivity contribution >= 4 is 0 Å². The van der Waals surface area contributed by atoms with Crippen LogP contribution in [0, 0.1) is 13.8 Å². The van der Waals surface area contributed by atoms with Crippen molar-refractivity contribution in [1.82, 2.24) is 10.3 Å². The molecule has 1 saturated carbocycles. The molecule has 0 amide bonds. The Morgan fingerprint density at radius 2 is 1.95 bits per heavy atom. The summed E-state index contributed by atoms with van der Waals surface area (Å²) in [5, 5.41) is 3.48. The molecule has 0 unspecified atom stereocenters. The minimum atomic E-state index is 0.708. The van der Waals surface area contributed by atoms with E-state index in [-0.39, 0.29) is 0 Å². The molecule has 2 aromatic rings. The SMILES string of the molecule is Cc1ccc(Oc2cncc(CNC3CC3)c2)cc1C. The Kier molecular flexibility index (Phi) is 3.70. The summed E-state index contributed by atoms with van der Waals surface area (Å²) in [6, 6.07) is 8.90. The molecule has 0 atom stereocenters. The van der Waals surface area contributed by atoms with Gasteiger partial charge in [-0.25, -0.2) is 0 Å². The Morgan fingerprint density at radius 1 is 1.10 bits per heavy atom. The molecule has 0 bridgehead atoms. The first kappa shape index (κ1) is 13.1. The fraction of sp³-hybridized carbons (Fsp3) is 0.353. The molecular formula is C17H20N2O. The van der Waals surface area contributed by atoms with Gasteiger partial charge in [0.05, 0.1) is 6.20 Å². The largest absolute Gasteiger partial charge is 0.456 e. The Hall–Kier alpha value is -1.87. The molecule has 3 rings (SSSR count). The van der Waals surface area contributed by atoms with E-state index in [1.54, 1.807) is 6.20 Å². The highest BCUT2D eigenvalue weighted by Crippen LogP contribution is 2.24. The summed E-state index contributed by atoms with van der Waals surface area (Å²) in [7, 11) is 0. The van der Waals surface area contributed by atoms with E-state index >= 15 is 0 Å². The van der Waals surface area contributed by atoms with E-state index < -0.39 is 0 Å². The Balaban J connectivity index is 1.69. The highest BCUT2D eigenvalue weighted by Gasteiger charge is 2.19. The highest BCUT2D eigenvalue weighted by atomic mass is 16.5. The summed E-state index contributed by atoms with van der Waals surface area (Å²) >= 11 is 0. The highest BCUT2D eigenvalue weighted by molar-refractivity contribution is 5.37. The fourth-order valence-corrected chi connectivity index (χ4v) is 2.08. The lowest BCUT2D eigenvalue weighted by molar-refractivity contribution is 0.478. The van der Waals surface area contributed by atoms with E-state index in [0.717, 1.165) is 18.0 Å². The summed E-state index contributed by atoms with van der Waals surface area (Å²) < 4.78 is 5.89. The minimum absolute atomic E-state index is 0.708. The van der Waals surface area contributed by atoms with Crippen molar-refractivity contribution in [2.24, 2.45) is 0 Å². The zero-order valence-electron chi connectivity index (χ0n) is 12.0. The third-order valence-corrected chi connectivity index (χ3v) is 3.66. The van der Waals surface area contributed by atoms with Gasteiger partial charge in [-0.2, -0.15) is 0 Å². The van der Waals surface area contributed by atoms with Gasteiger partial charge in [-0.05, 0) is 61.6 Å². The average molecular weight is 268 g/mol. The quantitative estimate of drug-likeness (QED) is 0.897. The maximum atomic E-state index is 5.89. The van der Waals surface area contributed by atoms with Gasteiger partial charge in [0.2, 0.25) is 0 Å². The van der Waals surface area contributed by atoms with Gasteiger partial charge in [-0.3, -0.25) is 4.98 Å². The van der Waals surface area contributed by atoms with Crippen LogP contribution in [-0.2, 0) is 6.54 Å². The number of aromatic nitrogens is 1. The molecule has 1 aromatic carbocycles. The molecular weight excluding hydrogens is 248 g/mol. The van der Waals surface area contributed by atoms with Crippen LogP contribution in [0.3, 0.4) is 0 Å². The van der Waals surface area contributed by atoms with Crippen molar-refractivity contribution in [3.8, 4) is 11.5 Å². The molecule has 3 heteroatoms. The number of nitrogens with one attached hydrogen (secondary N) is 1. The molecule has 0 saturated heterocycles. The van der Waals surface area contributed by atoms with Crippen molar-refractivity contribution in [3.63, 3.8) is 0 Å². The third kappa shape index (κ3) is 3.36. The number of hydrogen-bond donors (Lipinski definition) is 1. The van der Waals surface area contributed by atoms with E-state index in [9.17, 15) is 0 Å². The number of benzene rings is 1. The second-order valence-corrected chi connectivity index (χ2v) is 5.53. The standard InChI is InChI=1S/C17H20N2O/c1-12-3-6-16(7-13(12)2)20-17-8-14(9-18-11-17)10-19-15-4-5-15/h3,6-9,11,15,19H,4-5,10H2,1-2H3. The van der Waals surface area contributed by atoms with E-state index in [1.807, 2.05) is 12.3 Å². The number of aryl methyl sites for hydroxylation is 2. The summed E-state index contributed by atoms with van der Waals surface area (Å²) in [6.45, 7) is 5.06. The van der Waals surface area contributed by atoms with Crippen molar-refractivity contribution in [1.29, 1.82) is 0 Å². The van der Waals surface area contributed by atoms with E-state index in [2.05, 4.69) is 42.3 Å². The zero-order chi connectivity index (χ0) is 13.9. The van der Waals surface area contributed by atoms with Crippen LogP contribution in [0.2, 0.25) is 0 Å². The van der Waals surface area contributed by atoms with Crippen molar-refractivity contribution in [2.45, 2.75) is 39.3 Å². The molecule has 104 valence electrons. The average Bonchev–Trinajstić information content (AvgIpc) is 3.25. The van der Waals surface area contributed by atoms with Gasteiger partial charge in [0.1, 0.15) is 11.5 Å². The molecule has 1 fully saturated rings. The van der Waals surface area contributed by atoms with Crippen LogP contribution in [0.4, 0.5) is 0 Å². The van der Waals surface area contributed by atoms with Crippen LogP contribution in [0.15, 0.2) is 36.7 Å². The van der Waals surface area contributed by atoms with Gasteiger partial charge < -0.3 is 10.1 Å². The van der Waals surface area contributed by atoms with Gasteiger partial charge in [0.25, 0.3) is 0 Å². The number of pyridine rings is 1. The van der Waals surface area contributed by atoms with Crippen LogP contribution in [-0.4, -0.2) is 11.0 Å². The molecule has 20 heavy (non-hydrogen) atoms. The van der Waals surface area contributed by atoms with Crippen LogP contribution < -0.4 is 10.1 Å². The first-order valence-corrected chi connectivity index (χ1v) is 7.13. The molecule has 1 heterocycles. The van der Waals surface area contributed by atoms with E-state index in [1.165, 1.54) is 29.5 Å². The Labute approximate surface area is 120 Å². The van der Waals surface area contributed by atoms with E-state index in [0.29, 0.717) is 6.04 Å². The van der Waals surface area contributed by atoms with Crippen LogP contribution in [0.25, 0.3) is 0 Å². The van der Waals surface area contributed by atoms with Crippen LogP contribution >= 0.6 is 0 Å². The molecule has 1 aromatic heterocycles. The van der Waals surface area contributed by atoms with Gasteiger partial charge >= 0.3 is 0 Å². The second-order valence-electron chi connectivity index (χ2n) is 5.53. The first-order chi connectivity index (χ1) is 9.70. The van der Waals surface area contributed by atoms with Crippen LogP contribution in [0.1, 0.15) is 29.5 Å². The van der Waals surface area contributed by atoms with Gasteiger partial charge in [-0.1, -0.05) is 6.07 Å². The van der Waals surface area contributed by atoms with Crippen molar-refractivity contribution in [2.75, 3.05) is 0 Å². The monoisotopic (exact) mass is 268 g/mol. The number of hydrogen-bond acceptors (Lipinski definition) is 3. The summed E-state index contributed by atoms with van der Waals surface area (Å²) in [5.74, 6) is 1.66. The molecule has 0 radical (unpaired) electrons. The molecule has 0 aliphatic heterocycles. The Bertz CT molecular complexity index is 606. The predicted molar refractivity (Wildman–Crippen MR) is 80.1 cm³/mol. The Morgan fingerprint density at radius 3 is 2.70 bits per heavy atom. The molecule has 0 spiro atoms. The van der Waals surface area contributed by atoms with Crippen molar-refractivity contribution in [3.05, 3.63) is 53.3 Å². The molecule has 1 N–H and O–H groups in total. The van der Waals surface area contributed by atoms with Gasteiger partial charge in [0, 0.05) is 18.8 Å². The number of ether oxygens (including phenoxy) is 1. The number of nitrogens with zero attached hydrogens (tertiary/aromatic N) is 1. The molecule has 3 nitrogen and oxygen atoms in total. The summed E-state index contributed by atoms with van der Waals surface area (Å²) in [4.78, 5) is 4.25. The smallest absolute Gasteiger partial charge is 0.146 e. The van der Waals surface area contributed by atoms with E-state index in [4.69, 9.17) is 4.74 Å². The maximum Gasteiger partial charge on any atom is 0.146 e. The normalized spacial score (nSPS) is 14.3. The van der Waals surface area contributed by atoms with Gasteiger partial charge in [0.15, 0.2) is 0 Å². The van der Waals surface area contributed by atoms with Crippen LogP contribution in [0.5, 0.6) is 11.5 Å². The first-order valence-electron chi connectivity index (χ1n) is 7.13. The topological polar surface area (TPSA) is 34.1 Å². The lowest BCUT2D eigenvalue weighted by atomic mass is 10.1. The minimum Gasteiger partial charge on any atom is -0.456 e. The number of rotatable bonds is 5. The van der Waals surface area contributed by atoms with Gasteiger partial charge in [-0.15, -0.1) is 0 Å². The predicted octanol–water partition coefficient (Wildman–Crippen LogP) is 3.74. The zero-order valence-corrected chi connectivity index (χ0v) is 12.0. The fourth-order valence-electron chi connectivity index (χ4n) is 2.08. The second kappa shape index (κ2) is 5.63. The lowest BCUT2D eigenvalue weighted by Gasteiger charge is -2.09. The molecule has 1 aliphatic rings. The molecule has 1 aliphatic carbocycles.